The molecule has 1 aliphatic carbocycles. The molecule has 0 aliphatic heterocycles. The molecule has 1 aliphatic rings. The van der Waals surface area contributed by atoms with E-state index in [-0.39, 0.29) is 5.60 Å². The average Bonchev–Trinajstić information content (AvgIpc) is 2.58. The van der Waals surface area contributed by atoms with Crippen molar-refractivity contribution in [2.45, 2.75) is 84.3 Å². The molecule has 0 bridgehead atoms. The molecule has 0 heterocycles. The van der Waals surface area contributed by atoms with Gasteiger partial charge >= 0.3 is 0 Å². The molecule has 0 aromatic carbocycles. The predicted molar refractivity (Wildman–Crippen MR) is 79.0 cm³/mol. The summed E-state index contributed by atoms with van der Waals surface area (Å²) in [6.45, 7) is 10.8. The van der Waals surface area contributed by atoms with Gasteiger partial charge in [0, 0.05) is 12.6 Å². The molecule has 2 nitrogen and oxygen atoms in total. The maximum absolute atomic E-state index is 6.02. The second kappa shape index (κ2) is 8.16. The van der Waals surface area contributed by atoms with Crippen LogP contribution in [0, 0.1) is 5.92 Å². The Balaban J connectivity index is 2.68. The molecule has 1 unspecified atom stereocenters. The molecule has 0 aromatic heterocycles. The third-order valence-corrected chi connectivity index (χ3v) is 4.25. The van der Waals surface area contributed by atoms with Crippen molar-refractivity contribution in [1.29, 1.82) is 0 Å². The minimum absolute atomic E-state index is 0.0427. The van der Waals surface area contributed by atoms with Crippen molar-refractivity contribution in [3.63, 3.8) is 0 Å². The molecule has 1 saturated carbocycles. The van der Waals surface area contributed by atoms with Crippen molar-refractivity contribution in [2.24, 2.45) is 5.92 Å². The Labute approximate surface area is 114 Å². The van der Waals surface area contributed by atoms with E-state index in [9.17, 15) is 0 Å². The first-order chi connectivity index (χ1) is 8.61. The summed E-state index contributed by atoms with van der Waals surface area (Å²) in [4.78, 5) is 0. The molecule has 0 aromatic rings. The summed E-state index contributed by atoms with van der Waals surface area (Å²) in [5, 5.41) is 3.77. The summed E-state index contributed by atoms with van der Waals surface area (Å²) in [7, 11) is 0. The van der Waals surface area contributed by atoms with Gasteiger partial charge in [-0.2, -0.15) is 0 Å². The third-order valence-electron chi connectivity index (χ3n) is 4.25. The minimum atomic E-state index is -0.0427. The van der Waals surface area contributed by atoms with Gasteiger partial charge in [0.25, 0.3) is 0 Å². The van der Waals surface area contributed by atoms with E-state index in [1.807, 2.05) is 0 Å². The van der Waals surface area contributed by atoms with E-state index in [0.717, 1.165) is 19.1 Å². The van der Waals surface area contributed by atoms with E-state index >= 15 is 0 Å². The summed E-state index contributed by atoms with van der Waals surface area (Å²) in [6.07, 6.45) is 9.59. The van der Waals surface area contributed by atoms with Gasteiger partial charge in [0.15, 0.2) is 0 Å². The quantitative estimate of drug-likeness (QED) is 0.690. The van der Waals surface area contributed by atoms with Crippen molar-refractivity contribution < 1.29 is 4.74 Å². The first-order valence-corrected chi connectivity index (χ1v) is 7.99. The highest BCUT2D eigenvalue weighted by Crippen LogP contribution is 2.31. The molecular weight excluding hydrogens is 222 g/mol. The van der Waals surface area contributed by atoms with Crippen LogP contribution in [-0.2, 0) is 4.74 Å². The van der Waals surface area contributed by atoms with Gasteiger partial charge in [-0.25, -0.2) is 0 Å². The minimum Gasteiger partial charge on any atom is -0.374 e. The van der Waals surface area contributed by atoms with E-state index < -0.39 is 0 Å². The second-order valence-corrected chi connectivity index (χ2v) is 6.22. The highest BCUT2D eigenvalue weighted by atomic mass is 16.5. The van der Waals surface area contributed by atoms with Gasteiger partial charge in [-0.05, 0) is 52.5 Å². The van der Waals surface area contributed by atoms with Gasteiger partial charge in [-0.3, -0.25) is 0 Å². The summed E-state index contributed by atoms with van der Waals surface area (Å²) in [5.41, 5.74) is -0.0427. The molecule has 1 rings (SSSR count). The van der Waals surface area contributed by atoms with Gasteiger partial charge < -0.3 is 10.1 Å². The molecule has 1 fully saturated rings. The van der Waals surface area contributed by atoms with Crippen LogP contribution in [0.4, 0.5) is 0 Å². The normalized spacial score (nSPS) is 20.7. The fourth-order valence-electron chi connectivity index (χ4n) is 3.39. The molecule has 1 atom stereocenters. The average molecular weight is 255 g/mol. The molecule has 0 saturated heterocycles. The van der Waals surface area contributed by atoms with Crippen LogP contribution in [0.25, 0.3) is 0 Å². The van der Waals surface area contributed by atoms with E-state index in [1.54, 1.807) is 0 Å². The zero-order valence-corrected chi connectivity index (χ0v) is 12.9. The highest BCUT2D eigenvalue weighted by molar-refractivity contribution is 4.91. The summed E-state index contributed by atoms with van der Waals surface area (Å²) in [6, 6.07) is 0.510. The lowest BCUT2D eigenvalue weighted by Crippen LogP contribution is -2.53. The zero-order chi connectivity index (χ0) is 13.4. The fourth-order valence-corrected chi connectivity index (χ4v) is 3.39. The van der Waals surface area contributed by atoms with Crippen molar-refractivity contribution in [3.8, 4) is 0 Å². The van der Waals surface area contributed by atoms with Gasteiger partial charge in [0.05, 0.1) is 5.60 Å². The second-order valence-electron chi connectivity index (χ2n) is 6.22. The molecule has 18 heavy (non-hydrogen) atoms. The molecule has 0 amide bonds. The number of hydrogen-bond donors (Lipinski definition) is 1. The molecule has 0 radical (unpaired) electrons. The van der Waals surface area contributed by atoms with Crippen LogP contribution >= 0.6 is 0 Å². The van der Waals surface area contributed by atoms with Crippen molar-refractivity contribution in [1.82, 2.24) is 5.32 Å². The number of rotatable bonds is 7. The number of ether oxygens (including phenoxy) is 1. The van der Waals surface area contributed by atoms with Gasteiger partial charge in [0.1, 0.15) is 0 Å². The van der Waals surface area contributed by atoms with Crippen molar-refractivity contribution in [3.05, 3.63) is 0 Å². The van der Waals surface area contributed by atoms with Crippen LogP contribution in [0.2, 0.25) is 0 Å². The van der Waals surface area contributed by atoms with Gasteiger partial charge in [0.2, 0.25) is 0 Å². The number of hydrogen-bond acceptors (Lipinski definition) is 2. The van der Waals surface area contributed by atoms with Crippen LogP contribution in [0.15, 0.2) is 0 Å². The van der Waals surface area contributed by atoms with E-state index in [2.05, 4.69) is 33.0 Å². The topological polar surface area (TPSA) is 21.3 Å². The van der Waals surface area contributed by atoms with Gasteiger partial charge in [-0.15, -0.1) is 0 Å². The Hall–Kier alpha value is -0.0800. The standard InChI is InChI=1S/C16H33NO/c1-5-13-17-15(16(3,4)18-6-2)14-11-9-7-8-10-12-14/h14-15,17H,5-13H2,1-4H3. The molecule has 108 valence electrons. The summed E-state index contributed by atoms with van der Waals surface area (Å²) < 4.78 is 6.02. The van der Waals surface area contributed by atoms with Crippen LogP contribution < -0.4 is 5.32 Å². The highest BCUT2D eigenvalue weighted by Gasteiger charge is 2.35. The maximum Gasteiger partial charge on any atom is 0.0781 e. The van der Waals surface area contributed by atoms with Crippen molar-refractivity contribution >= 4 is 0 Å². The van der Waals surface area contributed by atoms with Gasteiger partial charge in [-0.1, -0.05) is 32.6 Å². The first-order valence-electron chi connectivity index (χ1n) is 7.99. The Bertz CT molecular complexity index is 207. The lowest BCUT2D eigenvalue weighted by molar-refractivity contribution is -0.0547. The Kier molecular flexibility index (Phi) is 7.25. The largest absolute Gasteiger partial charge is 0.374 e. The lowest BCUT2D eigenvalue weighted by Gasteiger charge is -2.40. The van der Waals surface area contributed by atoms with E-state index in [4.69, 9.17) is 4.74 Å². The lowest BCUT2D eigenvalue weighted by atomic mass is 9.82. The number of nitrogens with one attached hydrogen (secondary N) is 1. The maximum atomic E-state index is 6.02. The van der Waals surface area contributed by atoms with Crippen LogP contribution in [0.1, 0.15) is 72.6 Å². The fraction of sp³-hybridized carbons (Fsp3) is 1.00. The summed E-state index contributed by atoms with van der Waals surface area (Å²) >= 11 is 0. The Morgan fingerprint density at radius 1 is 1.11 bits per heavy atom. The van der Waals surface area contributed by atoms with Crippen LogP contribution in [0.5, 0.6) is 0 Å². The monoisotopic (exact) mass is 255 g/mol. The Morgan fingerprint density at radius 2 is 1.72 bits per heavy atom. The zero-order valence-electron chi connectivity index (χ0n) is 12.9. The molecule has 0 spiro atoms. The van der Waals surface area contributed by atoms with Crippen LogP contribution in [-0.4, -0.2) is 24.8 Å². The SMILES string of the molecule is CCCNC(C1CCCCCC1)C(C)(C)OCC. The van der Waals surface area contributed by atoms with Crippen molar-refractivity contribution in [2.75, 3.05) is 13.2 Å². The summed E-state index contributed by atoms with van der Waals surface area (Å²) in [5.74, 6) is 0.792. The predicted octanol–water partition coefficient (Wildman–Crippen LogP) is 4.14. The first kappa shape index (κ1) is 16.0. The third kappa shape index (κ3) is 4.89. The van der Waals surface area contributed by atoms with Crippen LogP contribution in [0.3, 0.4) is 0 Å². The molecular formula is C16H33NO. The molecule has 1 N–H and O–H groups in total. The van der Waals surface area contributed by atoms with E-state index in [0.29, 0.717) is 6.04 Å². The van der Waals surface area contributed by atoms with E-state index in [1.165, 1.54) is 44.9 Å². The molecule has 2 heteroatoms. The smallest absolute Gasteiger partial charge is 0.0781 e. The Morgan fingerprint density at radius 3 is 2.22 bits per heavy atom.